The van der Waals surface area contributed by atoms with E-state index >= 15 is 0 Å². The molecule has 0 bridgehead atoms. The van der Waals surface area contributed by atoms with Crippen molar-refractivity contribution in [3.05, 3.63) is 65.7 Å². The number of benzene rings is 2. The number of phenolic OH excluding ortho intramolecular Hbond substituents is 1. The summed E-state index contributed by atoms with van der Waals surface area (Å²) < 4.78 is 0. The van der Waals surface area contributed by atoms with Gasteiger partial charge in [-0.3, -0.25) is 9.69 Å². The van der Waals surface area contributed by atoms with Crippen molar-refractivity contribution in [3.8, 4) is 5.75 Å². The fraction of sp³-hybridized carbons (Fsp3) is 0.381. The Balaban J connectivity index is 1.53. The molecular weight excluding hydrogens is 312 g/mol. The molecule has 2 aromatic rings. The van der Waals surface area contributed by atoms with Crippen LogP contribution in [0.1, 0.15) is 36.4 Å². The molecule has 132 valence electrons. The van der Waals surface area contributed by atoms with Crippen LogP contribution in [0, 0.1) is 5.92 Å². The Kier molecular flexibility index (Phi) is 5.71. The quantitative estimate of drug-likeness (QED) is 0.849. The number of aromatic hydroxyl groups is 1. The third kappa shape index (κ3) is 4.60. The summed E-state index contributed by atoms with van der Waals surface area (Å²) in [7, 11) is 0. The molecule has 3 rings (SSSR count). The number of hydrogen-bond donors (Lipinski definition) is 2. The van der Waals surface area contributed by atoms with Crippen molar-refractivity contribution < 1.29 is 9.90 Å². The summed E-state index contributed by atoms with van der Waals surface area (Å²) in [4.78, 5) is 14.2. The molecule has 1 amide bonds. The maximum atomic E-state index is 12.0. The summed E-state index contributed by atoms with van der Waals surface area (Å²) in [5.74, 6) is 0.721. The Morgan fingerprint density at radius 2 is 1.72 bits per heavy atom. The van der Waals surface area contributed by atoms with E-state index in [9.17, 15) is 9.90 Å². The summed E-state index contributed by atoms with van der Waals surface area (Å²) in [6.45, 7) is 1.81. The third-order valence-corrected chi connectivity index (χ3v) is 5.18. The van der Waals surface area contributed by atoms with Crippen molar-refractivity contribution in [3.63, 3.8) is 0 Å². The second kappa shape index (κ2) is 8.17. The highest BCUT2D eigenvalue weighted by Crippen LogP contribution is 2.29. The Labute approximate surface area is 149 Å². The van der Waals surface area contributed by atoms with Gasteiger partial charge in [0.05, 0.1) is 0 Å². The molecule has 1 atom stereocenters. The lowest BCUT2D eigenvalue weighted by molar-refractivity contribution is -0.124. The highest BCUT2D eigenvalue weighted by Gasteiger charge is 2.29. The fourth-order valence-corrected chi connectivity index (χ4v) is 3.72. The number of amides is 1. The van der Waals surface area contributed by atoms with E-state index in [-0.39, 0.29) is 11.9 Å². The highest BCUT2D eigenvalue weighted by atomic mass is 16.3. The van der Waals surface area contributed by atoms with Crippen LogP contribution >= 0.6 is 0 Å². The molecule has 1 aliphatic heterocycles. The number of aryl methyl sites for hydroxylation is 1. The van der Waals surface area contributed by atoms with Crippen LogP contribution in [0.3, 0.4) is 0 Å². The molecule has 1 fully saturated rings. The maximum Gasteiger partial charge on any atom is 0.239 e. The summed E-state index contributed by atoms with van der Waals surface area (Å²) in [5.41, 5.74) is 7.93. The molecule has 0 spiro atoms. The number of nitrogens with zero attached hydrogens (tertiary/aromatic N) is 1. The summed E-state index contributed by atoms with van der Waals surface area (Å²) >= 11 is 0. The second-order valence-corrected chi connectivity index (χ2v) is 6.90. The Hall–Kier alpha value is -2.33. The maximum absolute atomic E-state index is 12.0. The monoisotopic (exact) mass is 338 g/mol. The van der Waals surface area contributed by atoms with Crippen molar-refractivity contribution in [1.82, 2.24) is 4.90 Å². The molecule has 2 aromatic carbocycles. The summed E-state index contributed by atoms with van der Waals surface area (Å²) in [5, 5.41) is 9.35. The van der Waals surface area contributed by atoms with Crippen LogP contribution in [0.4, 0.5) is 0 Å². The van der Waals surface area contributed by atoms with E-state index in [1.165, 1.54) is 5.56 Å². The van der Waals surface area contributed by atoms with Gasteiger partial charge in [0.15, 0.2) is 0 Å². The van der Waals surface area contributed by atoms with E-state index in [4.69, 9.17) is 5.73 Å². The smallest absolute Gasteiger partial charge is 0.239 e. The van der Waals surface area contributed by atoms with E-state index in [2.05, 4.69) is 4.90 Å². The lowest BCUT2D eigenvalue weighted by Gasteiger charge is -2.36. The van der Waals surface area contributed by atoms with Gasteiger partial charge in [-0.15, -0.1) is 0 Å². The molecule has 0 aromatic heterocycles. The minimum Gasteiger partial charge on any atom is -0.508 e. The average Bonchev–Trinajstić information content (AvgIpc) is 2.63. The molecule has 0 aliphatic carbocycles. The predicted molar refractivity (Wildman–Crippen MR) is 99.1 cm³/mol. The first-order valence-electron chi connectivity index (χ1n) is 8.99. The molecule has 1 heterocycles. The number of carbonyl (C=O) groups is 1. The first-order chi connectivity index (χ1) is 12.1. The van der Waals surface area contributed by atoms with Crippen molar-refractivity contribution in [2.45, 2.75) is 31.7 Å². The van der Waals surface area contributed by atoms with Crippen molar-refractivity contribution >= 4 is 5.91 Å². The van der Waals surface area contributed by atoms with Crippen LogP contribution in [-0.4, -0.2) is 29.0 Å². The fourth-order valence-electron chi connectivity index (χ4n) is 3.72. The van der Waals surface area contributed by atoms with Gasteiger partial charge in [-0.2, -0.15) is 0 Å². The van der Waals surface area contributed by atoms with E-state index in [0.29, 0.717) is 11.7 Å². The lowest BCUT2D eigenvalue weighted by atomic mass is 9.89. The standard InChI is InChI=1S/C21H26N2O2/c22-21(25)20(18-4-2-1-3-5-18)23-14-12-17(13-15-23)7-6-16-8-10-19(24)11-9-16/h1-5,8-11,17,20,24H,6-7,12-15H2,(H2,22,25). The molecule has 0 radical (unpaired) electrons. The minimum atomic E-state index is -0.320. The predicted octanol–water partition coefficient (Wildman–Crippen LogP) is 3.26. The summed E-state index contributed by atoms with van der Waals surface area (Å²) in [6, 6.07) is 17.0. The SMILES string of the molecule is NC(=O)C(c1ccccc1)N1CCC(CCc2ccc(O)cc2)CC1. The van der Waals surface area contributed by atoms with Gasteiger partial charge >= 0.3 is 0 Å². The largest absolute Gasteiger partial charge is 0.508 e. The number of hydrogen-bond acceptors (Lipinski definition) is 3. The van der Waals surface area contributed by atoms with E-state index in [0.717, 1.165) is 44.3 Å². The highest BCUT2D eigenvalue weighted by molar-refractivity contribution is 5.81. The van der Waals surface area contributed by atoms with E-state index < -0.39 is 0 Å². The molecule has 25 heavy (non-hydrogen) atoms. The molecule has 1 unspecified atom stereocenters. The van der Waals surface area contributed by atoms with Gasteiger partial charge in [0.1, 0.15) is 11.8 Å². The second-order valence-electron chi connectivity index (χ2n) is 6.90. The van der Waals surface area contributed by atoms with Crippen LogP contribution in [0.5, 0.6) is 5.75 Å². The average molecular weight is 338 g/mol. The van der Waals surface area contributed by atoms with Crippen LogP contribution < -0.4 is 5.73 Å². The minimum absolute atomic E-state index is 0.270. The Morgan fingerprint density at radius 3 is 2.32 bits per heavy atom. The van der Waals surface area contributed by atoms with E-state index in [1.54, 1.807) is 12.1 Å². The van der Waals surface area contributed by atoms with Crippen LogP contribution in [0.25, 0.3) is 0 Å². The zero-order chi connectivity index (χ0) is 17.6. The topological polar surface area (TPSA) is 66.6 Å². The molecule has 1 saturated heterocycles. The van der Waals surface area contributed by atoms with Crippen LogP contribution in [-0.2, 0) is 11.2 Å². The van der Waals surface area contributed by atoms with Gasteiger partial charge in [0, 0.05) is 0 Å². The number of piperidine rings is 1. The lowest BCUT2D eigenvalue weighted by Crippen LogP contribution is -2.42. The summed E-state index contributed by atoms with van der Waals surface area (Å²) in [6.07, 6.45) is 4.36. The Bertz CT molecular complexity index is 677. The number of nitrogens with two attached hydrogens (primary N) is 1. The van der Waals surface area contributed by atoms with Crippen LogP contribution in [0.15, 0.2) is 54.6 Å². The number of likely N-dealkylation sites (tertiary alicyclic amines) is 1. The van der Waals surface area contributed by atoms with Gasteiger partial charge in [-0.05, 0) is 68.0 Å². The molecular formula is C21H26N2O2. The first-order valence-corrected chi connectivity index (χ1v) is 8.99. The van der Waals surface area contributed by atoms with Gasteiger partial charge in [-0.25, -0.2) is 0 Å². The Morgan fingerprint density at radius 1 is 1.08 bits per heavy atom. The number of rotatable bonds is 6. The molecule has 0 saturated carbocycles. The van der Waals surface area contributed by atoms with Gasteiger partial charge in [0.25, 0.3) is 0 Å². The van der Waals surface area contributed by atoms with Gasteiger partial charge < -0.3 is 10.8 Å². The number of phenols is 1. The number of carbonyl (C=O) groups excluding carboxylic acids is 1. The third-order valence-electron chi connectivity index (χ3n) is 5.18. The van der Waals surface area contributed by atoms with E-state index in [1.807, 2.05) is 42.5 Å². The molecule has 1 aliphatic rings. The van der Waals surface area contributed by atoms with Gasteiger partial charge in [0.2, 0.25) is 5.91 Å². The zero-order valence-electron chi connectivity index (χ0n) is 14.5. The van der Waals surface area contributed by atoms with Gasteiger partial charge in [-0.1, -0.05) is 42.5 Å². The molecule has 4 heteroatoms. The van der Waals surface area contributed by atoms with Crippen molar-refractivity contribution in [2.75, 3.05) is 13.1 Å². The zero-order valence-corrected chi connectivity index (χ0v) is 14.5. The van der Waals surface area contributed by atoms with Crippen LogP contribution in [0.2, 0.25) is 0 Å². The molecule has 3 N–H and O–H groups in total. The van der Waals surface area contributed by atoms with Crippen molar-refractivity contribution in [2.24, 2.45) is 11.7 Å². The normalized spacial score (nSPS) is 17.3. The van der Waals surface area contributed by atoms with Crippen molar-refractivity contribution in [1.29, 1.82) is 0 Å². The first kappa shape index (κ1) is 17.5. The number of primary amides is 1. The molecule has 4 nitrogen and oxygen atoms in total.